The molecular weight excluding hydrogens is 238 g/mol. The van der Waals surface area contributed by atoms with Gasteiger partial charge in [0, 0.05) is 6.54 Å². The Bertz CT molecular complexity index is 400. The minimum absolute atomic E-state index is 0.0177. The van der Waals surface area contributed by atoms with Gasteiger partial charge in [0.15, 0.2) is 0 Å². The van der Waals surface area contributed by atoms with E-state index in [1.54, 1.807) is 13.8 Å². The van der Waals surface area contributed by atoms with Gasteiger partial charge >= 0.3 is 5.97 Å². The first-order valence-corrected chi connectivity index (χ1v) is 5.75. The normalized spacial score (nSPS) is 11.2. The fourth-order valence-electron chi connectivity index (χ4n) is 1.60. The molecule has 2 N–H and O–H groups in total. The SMILES string of the molecule is CCC(CC)(CNC(=O)Cn1cnnn1)C(=O)O. The van der Waals surface area contributed by atoms with Crippen molar-refractivity contribution >= 4 is 11.9 Å². The van der Waals surface area contributed by atoms with Gasteiger partial charge in [-0.05, 0) is 23.3 Å². The number of carboxylic acids is 1. The van der Waals surface area contributed by atoms with E-state index in [9.17, 15) is 14.7 Å². The van der Waals surface area contributed by atoms with E-state index in [2.05, 4.69) is 20.8 Å². The second-order valence-electron chi connectivity index (χ2n) is 4.08. The van der Waals surface area contributed by atoms with Crippen LogP contribution in [0.2, 0.25) is 0 Å². The number of carboxylic acid groups (broad SMARTS) is 1. The average Bonchev–Trinajstić information content (AvgIpc) is 2.83. The average molecular weight is 255 g/mol. The molecule has 0 unspecified atom stereocenters. The predicted molar refractivity (Wildman–Crippen MR) is 61.5 cm³/mol. The van der Waals surface area contributed by atoms with E-state index in [4.69, 9.17) is 0 Å². The molecule has 0 aliphatic heterocycles. The summed E-state index contributed by atoms with van der Waals surface area (Å²) in [6.07, 6.45) is 2.25. The van der Waals surface area contributed by atoms with Crippen LogP contribution in [0.3, 0.4) is 0 Å². The molecule has 0 spiro atoms. The van der Waals surface area contributed by atoms with Crippen molar-refractivity contribution in [3.05, 3.63) is 6.33 Å². The summed E-state index contributed by atoms with van der Waals surface area (Å²) in [5.74, 6) is -1.20. The van der Waals surface area contributed by atoms with Gasteiger partial charge in [-0.3, -0.25) is 9.59 Å². The van der Waals surface area contributed by atoms with Crippen molar-refractivity contribution < 1.29 is 14.7 Å². The van der Waals surface area contributed by atoms with Crippen LogP contribution in [0.5, 0.6) is 0 Å². The number of carbonyl (C=O) groups is 2. The van der Waals surface area contributed by atoms with Gasteiger partial charge in [-0.15, -0.1) is 5.10 Å². The summed E-state index contributed by atoms with van der Waals surface area (Å²) >= 11 is 0. The van der Waals surface area contributed by atoms with Crippen LogP contribution in [-0.2, 0) is 16.1 Å². The second-order valence-corrected chi connectivity index (χ2v) is 4.08. The number of hydrogen-bond acceptors (Lipinski definition) is 5. The number of tetrazole rings is 1. The molecule has 0 aliphatic carbocycles. The highest BCUT2D eigenvalue weighted by Gasteiger charge is 2.35. The molecule has 0 aromatic carbocycles. The van der Waals surface area contributed by atoms with Crippen molar-refractivity contribution in [1.82, 2.24) is 25.5 Å². The highest BCUT2D eigenvalue weighted by atomic mass is 16.4. The molecule has 1 aromatic heterocycles. The summed E-state index contributed by atoms with van der Waals surface area (Å²) in [5, 5.41) is 22.2. The maximum Gasteiger partial charge on any atom is 0.311 e. The maximum absolute atomic E-state index is 11.6. The van der Waals surface area contributed by atoms with E-state index in [0.29, 0.717) is 12.8 Å². The van der Waals surface area contributed by atoms with Crippen molar-refractivity contribution in [2.75, 3.05) is 6.54 Å². The summed E-state index contributed by atoms with van der Waals surface area (Å²) in [4.78, 5) is 22.8. The van der Waals surface area contributed by atoms with Crippen molar-refractivity contribution in [3.63, 3.8) is 0 Å². The number of hydrogen-bond donors (Lipinski definition) is 2. The van der Waals surface area contributed by atoms with Crippen molar-refractivity contribution in [2.45, 2.75) is 33.2 Å². The molecule has 0 aliphatic rings. The standard InChI is InChI=1S/C10H17N5O3/c1-3-10(4-2,9(17)18)6-11-8(16)5-15-7-12-13-14-15/h7H,3-6H2,1-2H3,(H,11,16)(H,17,18). The lowest BCUT2D eigenvalue weighted by atomic mass is 9.82. The minimum Gasteiger partial charge on any atom is -0.481 e. The third-order valence-corrected chi connectivity index (χ3v) is 3.13. The lowest BCUT2D eigenvalue weighted by Crippen LogP contribution is -2.43. The van der Waals surface area contributed by atoms with E-state index in [-0.39, 0.29) is 19.0 Å². The smallest absolute Gasteiger partial charge is 0.311 e. The van der Waals surface area contributed by atoms with E-state index >= 15 is 0 Å². The van der Waals surface area contributed by atoms with Crippen LogP contribution in [0.1, 0.15) is 26.7 Å². The van der Waals surface area contributed by atoms with Gasteiger partial charge in [-0.2, -0.15) is 0 Å². The summed E-state index contributed by atoms with van der Waals surface area (Å²) < 4.78 is 1.27. The fraction of sp³-hybridized carbons (Fsp3) is 0.700. The Morgan fingerprint density at radius 3 is 2.50 bits per heavy atom. The highest BCUT2D eigenvalue weighted by Crippen LogP contribution is 2.25. The molecule has 0 bridgehead atoms. The third-order valence-electron chi connectivity index (χ3n) is 3.13. The largest absolute Gasteiger partial charge is 0.481 e. The molecule has 0 atom stereocenters. The zero-order chi connectivity index (χ0) is 13.6. The highest BCUT2D eigenvalue weighted by molar-refractivity contribution is 5.78. The first-order valence-electron chi connectivity index (χ1n) is 5.75. The van der Waals surface area contributed by atoms with Gasteiger partial charge in [-0.1, -0.05) is 13.8 Å². The van der Waals surface area contributed by atoms with Crippen molar-refractivity contribution in [3.8, 4) is 0 Å². The third kappa shape index (κ3) is 3.25. The Hall–Kier alpha value is -1.99. The molecule has 100 valence electrons. The molecule has 0 fully saturated rings. The van der Waals surface area contributed by atoms with Crippen LogP contribution >= 0.6 is 0 Å². The molecular formula is C10H17N5O3. The number of nitrogens with zero attached hydrogens (tertiary/aromatic N) is 4. The van der Waals surface area contributed by atoms with E-state index in [0.717, 1.165) is 0 Å². The van der Waals surface area contributed by atoms with Crippen LogP contribution in [-0.4, -0.2) is 43.7 Å². The topological polar surface area (TPSA) is 110 Å². The van der Waals surface area contributed by atoms with Gasteiger partial charge in [-0.25, -0.2) is 4.68 Å². The number of amides is 1. The summed E-state index contributed by atoms with van der Waals surface area (Å²) in [6.45, 7) is 3.68. The lowest BCUT2D eigenvalue weighted by molar-refractivity contribution is -0.149. The van der Waals surface area contributed by atoms with Gasteiger partial charge < -0.3 is 10.4 Å². The predicted octanol–water partition coefficient (Wildman–Crippen LogP) is -0.320. The molecule has 0 radical (unpaired) electrons. The van der Waals surface area contributed by atoms with Gasteiger partial charge in [0.1, 0.15) is 12.9 Å². The van der Waals surface area contributed by atoms with E-state index in [1.165, 1.54) is 11.0 Å². The van der Waals surface area contributed by atoms with Crippen LogP contribution < -0.4 is 5.32 Å². The minimum atomic E-state index is -0.906. The number of carbonyl (C=O) groups excluding carboxylic acids is 1. The Kier molecular flexibility index (Phi) is 4.75. The van der Waals surface area contributed by atoms with Crippen LogP contribution in [0.15, 0.2) is 6.33 Å². The summed E-state index contributed by atoms with van der Waals surface area (Å²) in [7, 11) is 0. The molecule has 1 amide bonds. The second kappa shape index (κ2) is 6.08. The maximum atomic E-state index is 11.6. The van der Waals surface area contributed by atoms with Gasteiger partial charge in [0.25, 0.3) is 0 Å². The molecule has 18 heavy (non-hydrogen) atoms. The zero-order valence-electron chi connectivity index (χ0n) is 10.5. The van der Waals surface area contributed by atoms with Crippen molar-refractivity contribution in [2.24, 2.45) is 5.41 Å². The quantitative estimate of drug-likeness (QED) is 0.691. The molecule has 1 rings (SSSR count). The zero-order valence-corrected chi connectivity index (χ0v) is 10.5. The number of aliphatic carboxylic acids is 1. The molecule has 8 heteroatoms. The monoisotopic (exact) mass is 255 g/mol. The van der Waals surface area contributed by atoms with Crippen LogP contribution in [0.25, 0.3) is 0 Å². The molecule has 0 saturated heterocycles. The molecule has 1 heterocycles. The van der Waals surface area contributed by atoms with Crippen molar-refractivity contribution in [1.29, 1.82) is 0 Å². The lowest BCUT2D eigenvalue weighted by Gasteiger charge is -2.26. The van der Waals surface area contributed by atoms with Crippen LogP contribution in [0, 0.1) is 5.41 Å². The summed E-state index contributed by atoms with van der Waals surface area (Å²) in [6, 6.07) is 0. The molecule has 1 aromatic rings. The molecule has 0 saturated carbocycles. The Balaban J connectivity index is 2.52. The first-order chi connectivity index (χ1) is 8.54. The number of rotatable bonds is 7. The van der Waals surface area contributed by atoms with Gasteiger partial charge in [0.2, 0.25) is 5.91 Å². The van der Waals surface area contributed by atoms with Gasteiger partial charge in [0.05, 0.1) is 5.41 Å². The summed E-state index contributed by atoms with van der Waals surface area (Å²) in [5.41, 5.74) is -0.906. The Morgan fingerprint density at radius 1 is 1.39 bits per heavy atom. The first kappa shape index (κ1) is 14.1. The Morgan fingerprint density at radius 2 is 2.06 bits per heavy atom. The Labute approximate surface area is 104 Å². The fourth-order valence-corrected chi connectivity index (χ4v) is 1.60. The number of aromatic nitrogens is 4. The number of nitrogens with one attached hydrogen (secondary N) is 1. The van der Waals surface area contributed by atoms with Crippen LogP contribution in [0.4, 0.5) is 0 Å². The molecule has 8 nitrogen and oxygen atoms in total. The van der Waals surface area contributed by atoms with E-state index < -0.39 is 11.4 Å². The van der Waals surface area contributed by atoms with E-state index in [1.807, 2.05) is 0 Å².